The molecule has 0 bridgehead atoms. The number of para-hydroxylation sites is 1. The Labute approximate surface area is 137 Å². The summed E-state index contributed by atoms with van der Waals surface area (Å²) in [5.41, 5.74) is 0.900. The Morgan fingerprint density at radius 1 is 1.39 bits per heavy atom. The van der Waals surface area contributed by atoms with Gasteiger partial charge in [-0.15, -0.1) is 0 Å². The summed E-state index contributed by atoms with van der Waals surface area (Å²) in [4.78, 5) is 0. The van der Waals surface area contributed by atoms with Gasteiger partial charge in [0.05, 0.1) is 12.3 Å². The lowest BCUT2D eigenvalue weighted by molar-refractivity contribution is 0.254. The van der Waals surface area contributed by atoms with Crippen molar-refractivity contribution in [3.63, 3.8) is 0 Å². The Morgan fingerprint density at radius 3 is 2.91 bits per heavy atom. The Morgan fingerprint density at radius 2 is 2.17 bits per heavy atom. The van der Waals surface area contributed by atoms with Crippen LogP contribution in [0, 0.1) is 5.92 Å². The lowest BCUT2D eigenvalue weighted by Crippen LogP contribution is -2.42. The maximum atomic E-state index is 11.7. The van der Waals surface area contributed by atoms with Crippen molar-refractivity contribution in [3.8, 4) is 0 Å². The van der Waals surface area contributed by atoms with Gasteiger partial charge in [-0.1, -0.05) is 18.2 Å². The van der Waals surface area contributed by atoms with E-state index in [0.29, 0.717) is 19.0 Å². The van der Waals surface area contributed by atoms with E-state index >= 15 is 0 Å². The third-order valence-corrected chi connectivity index (χ3v) is 5.80. The van der Waals surface area contributed by atoms with Gasteiger partial charge in [0.1, 0.15) is 11.3 Å². The third-order valence-electron chi connectivity index (χ3n) is 4.53. The molecule has 1 aromatic carbocycles. The van der Waals surface area contributed by atoms with Crippen molar-refractivity contribution < 1.29 is 12.8 Å². The maximum absolute atomic E-state index is 11.7. The molecule has 23 heavy (non-hydrogen) atoms. The standard InChI is InChI=1S/C17H24N2O3S/c1-13(17-10-15-7-3-4-8-16(15)22-17)18-11-14-6-5-9-19(12-14)23(2,20)21/h3-4,7-8,10,13-14,18H,5-6,9,11-12H2,1-2H3/t13-,14-/m1/s1. The average Bonchev–Trinajstić information content (AvgIpc) is 2.96. The molecule has 1 aliphatic heterocycles. The molecule has 0 unspecified atom stereocenters. The lowest BCUT2D eigenvalue weighted by Gasteiger charge is -2.31. The van der Waals surface area contributed by atoms with Gasteiger partial charge in [0, 0.05) is 18.5 Å². The molecule has 0 spiro atoms. The van der Waals surface area contributed by atoms with Gasteiger partial charge in [0.15, 0.2) is 0 Å². The summed E-state index contributed by atoms with van der Waals surface area (Å²) < 4.78 is 30.8. The van der Waals surface area contributed by atoms with E-state index in [2.05, 4.69) is 18.3 Å². The normalized spacial score (nSPS) is 21.6. The van der Waals surface area contributed by atoms with Crippen LogP contribution in [0.2, 0.25) is 0 Å². The van der Waals surface area contributed by atoms with E-state index in [1.165, 1.54) is 6.26 Å². The summed E-state index contributed by atoms with van der Waals surface area (Å²) in [6.07, 6.45) is 3.28. The first-order chi connectivity index (χ1) is 10.9. The third kappa shape index (κ3) is 3.94. The van der Waals surface area contributed by atoms with Crippen LogP contribution in [0.3, 0.4) is 0 Å². The summed E-state index contributed by atoms with van der Waals surface area (Å²) in [6.45, 7) is 4.13. The van der Waals surface area contributed by atoms with E-state index in [4.69, 9.17) is 4.42 Å². The van der Waals surface area contributed by atoms with Crippen LogP contribution in [0.15, 0.2) is 34.7 Å². The summed E-state index contributed by atoms with van der Waals surface area (Å²) in [5.74, 6) is 1.27. The first kappa shape index (κ1) is 16.5. The molecule has 1 saturated heterocycles. The second-order valence-electron chi connectivity index (χ2n) is 6.45. The molecule has 1 aliphatic rings. The SMILES string of the molecule is C[C@@H](NC[C@H]1CCCN(S(C)(=O)=O)C1)c1cc2ccccc2o1. The molecule has 0 amide bonds. The van der Waals surface area contributed by atoms with Gasteiger partial charge >= 0.3 is 0 Å². The van der Waals surface area contributed by atoms with Gasteiger partial charge < -0.3 is 9.73 Å². The molecule has 1 N–H and O–H groups in total. The number of hydrogen-bond acceptors (Lipinski definition) is 4. The second kappa shape index (κ2) is 6.63. The highest BCUT2D eigenvalue weighted by Gasteiger charge is 2.26. The molecule has 6 heteroatoms. The molecule has 0 saturated carbocycles. The van der Waals surface area contributed by atoms with Crippen molar-refractivity contribution in [1.82, 2.24) is 9.62 Å². The molecule has 2 heterocycles. The zero-order chi connectivity index (χ0) is 16.4. The minimum absolute atomic E-state index is 0.107. The van der Waals surface area contributed by atoms with Crippen LogP contribution in [-0.4, -0.2) is 38.6 Å². The van der Waals surface area contributed by atoms with Gasteiger partial charge in [-0.2, -0.15) is 0 Å². The topological polar surface area (TPSA) is 62.6 Å². The van der Waals surface area contributed by atoms with E-state index < -0.39 is 10.0 Å². The Bertz CT molecular complexity index is 736. The van der Waals surface area contributed by atoms with Gasteiger partial charge in [0.2, 0.25) is 10.0 Å². The minimum atomic E-state index is -3.08. The predicted octanol–water partition coefficient (Wildman–Crippen LogP) is 2.76. The maximum Gasteiger partial charge on any atom is 0.211 e. The quantitative estimate of drug-likeness (QED) is 0.912. The summed E-state index contributed by atoms with van der Waals surface area (Å²) in [5, 5.41) is 4.59. The predicted molar refractivity (Wildman–Crippen MR) is 91.8 cm³/mol. The fourth-order valence-corrected chi connectivity index (χ4v) is 4.10. The van der Waals surface area contributed by atoms with Crippen LogP contribution >= 0.6 is 0 Å². The van der Waals surface area contributed by atoms with Crippen LogP contribution < -0.4 is 5.32 Å². The van der Waals surface area contributed by atoms with Crippen LogP contribution in [-0.2, 0) is 10.0 Å². The number of sulfonamides is 1. The first-order valence-corrected chi connectivity index (χ1v) is 9.95. The van der Waals surface area contributed by atoms with Crippen molar-refractivity contribution >= 4 is 21.0 Å². The van der Waals surface area contributed by atoms with Crippen molar-refractivity contribution in [2.75, 3.05) is 25.9 Å². The smallest absolute Gasteiger partial charge is 0.211 e. The van der Waals surface area contributed by atoms with Crippen LogP contribution in [0.25, 0.3) is 11.0 Å². The zero-order valence-electron chi connectivity index (χ0n) is 13.7. The van der Waals surface area contributed by atoms with Crippen molar-refractivity contribution in [2.24, 2.45) is 5.92 Å². The molecule has 2 atom stereocenters. The second-order valence-corrected chi connectivity index (χ2v) is 8.43. The van der Waals surface area contributed by atoms with Crippen molar-refractivity contribution in [3.05, 3.63) is 36.1 Å². The van der Waals surface area contributed by atoms with Crippen molar-refractivity contribution in [2.45, 2.75) is 25.8 Å². The van der Waals surface area contributed by atoms with E-state index in [9.17, 15) is 8.42 Å². The molecule has 1 fully saturated rings. The van der Waals surface area contributed by atoms with Gasteiger partial charge in [-0.3, -0.25) is 0 Å². The first-order valence-electron chi connectivity index (χ1n) is 8.10. The number of rotatable bonds is 5. The molecular weight excluding hydrogens is 312 g/mol. The molecule has 5 nitrogen and oxygen atoms in total. The lowest BCUT2D eigenvalue weighted by atomic mass is 9.99. The monoisotopic (exact) mass is 336 g/mol. The number of nitrogens with one attached hydrogen (secondary N) is 1. The fraction of sp³-hybridized carbons (Fsp3) is 0.529. The highest BCUT2D eigenvalue weighted by Crippen LogP contribution is 2.24. The highest BCUT2D eigenvalue weighted by molar-refractivity contribution is 7.88. The number of piperidine rings is 1. The van der Waals surface area contributed by atoms with E-state index in [-0.39, 0.29) is 6.04 Å². The van der Waals surface area contributed by atoms with Gasteiger partial charge in [-0.05, 0) is 44.4 Å². The minimum Gasteiger partial charge on any atom is -0.459 e. The van der Waals surface area contributed by atoms with Gasteiger partial charge in [0.25, 0.3) is 0 Å². The molecule has 0 aliphatic carbocycles. The number of nitrogens with zero attached hydrogens (tertiary/aromatic N) is 1. The molecule has 1 aromatic heterocycles. The van der Waals surface area contributed by atoms with Gasteiger partial charge in [-0.25, -0.2) is 12.7 Å². The Kier molecular flexibility index (Phi) is 4.75. The van der Waals surface area contributed by atoms with Crippen molar-refractivity contribution in [1.29, 1.82) is 0 Å². The van der Waals surface area contributed by atoms with E-state index in [1.807, 2.05) is 24.3 Å². The molecule has 0 radical (unpaired) electrons. The van der Waals surface area contributed by atoms with Crippen LogP contribution in [0.1, 0.15) is 31.6 Å². The number of benzene rings is 1. The van der Waals surface area contributed by atoms with E-state index in [1.54, 1.807) is 4.31 Å². The number of fused-ring (bicyclic) bond motifs is 1. The summed E-state index contributed by atoms with van der Waals surface area (Å²) in [6, 6.07) is 10.2. The molecule has 3 rings (SSSR count). The largest absolute Gasteiger partial charge is 0.459 e. The van der Waals surface area contributed by atoms with E-state index in [0.717, 1.165) is 36.1 Å². The highest BCUT2D eigenvalue weighted by atomic mass is 32.2. The average molecular weight is 336 g/mol. The molecule has 2 aromatic rings. The molecular formula is C17H24N2O3S. The number of hydrogen-bond donors (Lipinski definition) is 1. The van der Waals surface area contributed by atoms with Crippen LogP contribution in [0.5, 0.6) is 0 Å². The summed E-state index contributed by atoms with van der Waals surface area (Å²) in [7, 11) is -3.08. The summed E-state index contributed by atoms with van der Waals surface area (Å²) >= 11 is 0. The Balaban J connectivity index is 1.59. The van der Waals surface area contributed by atoms with Crippen LogP contribution in [0.4, 0.5) is 0 Å². The number of furan rings is 1. The zero-order valence-corrected chi connectivity index (χ0v) is 14.5. The fourth-order valence-electron chi connectivity index (χ4n) is 3.15. The Hall–Kier alpha value is -1.37. The molecule has 126 valence electrons.